The average Bonchev–Trinajstić information content (AvgIpc) is 2.41. The first-order chi connectivity index (χ1) is 4.93. The molecule has 0 bridgehead atoms. The zero-order valence-electron chi connectivity index (χ0n) is 6.25. The van der Waals surface area contributed by atoms with E-state index in [1.54, 1.807) is 11.8 Å². The molecule has 0 aromatic rings. The standard InChI is InChI=1S/C7H13NOS/c1-2-3-5-9-8-4-6-10-7-8/h4,6H,2-3,5,7H2,1H3. The largest absolute Gasteiger partial charge is 0.273 e. The minimum atomic E-state index is 0.849. The average molecular weight is 159 g/mol. The molecule has 10 heavy (non-hydrogen) atoms. The third-order valence-electron chi connectivity index (χ3n) is 1.28. The van der Waals surface area contributed by atoms with Gasteiger partial charge >= 0.3 is 0 Å². The normalized spacial score (nSPS) is 16.7. The number of thioether (sulfide) groups is 1. The fourth-order valence-corrected chi connectivity index (χ4v) is 1.29. The summed E-state index contributed by atoms with van der Waals surface area (Å²) in [5.74, 6) is 0.948. The maximum atomic E-state index is 5.37. The molecule has 0 spiro atoms. The van der Waals surface area contributed by atoms with E-state index in [-0.39, 0.29) is 0 Å². The zero-order valence-corrected chi connectivity index (χ0v) is 7.06. The highest BCUT2D eigenvalue weighted by atomic mass is 32.2. The Morgan fingerprint density at radius 2 is 2.60 bits per heavy atom. The van der Waals surface area contributed by atoms with E-state index in [0.29, 0.717) is 0 Å². The van der Waals surface area contributed by atoms with Crippen molar-refractivity contribution in [2.75, 3.05) is 12.5 Å². The minimum Gasteiger partial charge on any atom is -0.273 e. The smallest absolute Gasteiger partial charge is 0.0943 e. The summed E-state index contributed by atoms with van der Waals surface area (Å²) in [4.78, 5) is 5.37. The lowest BCUT2D eigenvalue weighted by atomic mass is 10.4. The molecule has 1 rings (SSSR count). The van der Waals surface area contributed by atoms with Crippen LogP contribution in [0.25, 0.3) is 0 Å². The van der Waals surface area contributed by atoms with Gasteiger partial charge in [-0.3, -0.25) is 9.90 Å². The third kappa shape index (κ3) is 2.62. The molecule has 0 radical (unpaired) electrons. The molecular formula is C7H13NOS. The molecule has 0 amide bonds. The molecule has 0 N–H and O–H groups in total. The van der Waals surface area contributed by atoms with Crippen molar-refractivity contribution in [1.82, 2.24) is 5.06 Å². The highest BCUT2D eigenvalue weighted by Gasteiger charge is 2.02. The molecule has 1 aliphatic rings. The predicted molar refractivity (Wildman–Crippen MR) is 44.3 cm³/mol. The summed E-state index contributed by atoms with van der Waals surface area (Å²) in [6.45, 7) is 3.01. The second kappa shape index (κ2) is 4.63. The van der Waals surface area contributed by atoms with Crippen molar-refractivity contribution >= 4 is 11.8 Å². The lowest BCUT2D eigenvalue weighted by Gasteiger charge is -2.13. The van der Waals surface area contributed by atoms with Crippen LogP contribution < -0.4 is 0 Å². The van der Waals surface area contributed by atoms with Gasteiger partial charge in [0, 0.05) is 6.20 Å². The Bertz CT molecular complexity index is 116. The van der Waals surface area contributed by atoms with Crippen LogP contribution in [0, 0.1) is 0 Å². The van der Waals surface area contributed by atoms with E-state index in [1.165, 1.54) is 6.42 Å². The van der Waals surface area contributed by atoms with Gasteiger partial charge in [-0.05, 0) is 11.8 Å². The van der Waals surface area contributed by atoms with Crippen molar-refractivity contribution in [1.29, 1.82) is 0 Å². The number of unbranched alkanes of at least 4 members (excludes halogenated alkanes) is 1. The first-order valence-electron chi connectivity index (χ1n) is 3.61. The fourth-order valence-electron chi connectivity index (χ4n) is 0.677. The van der Waals surface area contributed by atoms with Gasteiger partial charge in [0.25, 0.3) is 0 Å². The summed E-state index contributed by atoms with van der Waals surface area (Å²) in [6.07, 6.45) is 4.32. The topological polar surface area (TPSA) is 12.5 Å². The molecule has 0 fully saturated rings. The Hall–Kier alpha value is -0.150. The van der Waals surface area contributed by atoms with Gasteiger partial charge in [0.05, 0.1) is 12.5 Å². The summed E-state index contributed by atoms with van der Waals surface area (Å²) >= 11 is 1.76. The van der Waals surface area contributed by atoms with Crippen molar-refractivity contribution in [2.45, 2.75) is 19.8 Å². The molecule has 1 heterocycles. The van der Waals surface area contributed by atoms with Crippen LogP contribution in [-0.2, 0) is 4.84 Å². The summed E-state index contributed by atoms with van der Waals surface area (Å²) in [6, 6.07) is 0. The summed E-state index contributed by atoms with van der Waals surface area (Å²) < 4.78 is 0. The molecule has 0 aromatic heterocycles. The van der Waals surface area contributed by atoms with Crippen LogP contribution in [0.1, 0.15) is 19.8 Å². The number of rotatable bonds is 4. The number of nitrogens with zero attached hydrogens (tertiary/aromatic N) is 1. The Labute approximate surface area is 66.2 Å². The van der Waals surface area contributed by atoms with Gasteiger partial charge in [-0.1, -0.05) is 13.3 Å². The highest BCUT2D eigenvalue weighted by Crippen LogP contribution is 2.14. The van der Waals surface area contributed by atoms with Gasteiger partial charge in [-0.15, -0.1) is 11.8 Å². The molecule has 0 aliphatic carbocycles. The van der Waals surface area contributed by atoms with Crippen LogP contribution in [0.5, 0.6) is 0 Å². The Kier molecular flexibility index (Phi) is 3.68. The third-order valence-corrected chi connectivity index (χ3v) is 2.00. The van der Waals surface area contributed by atoms with Gasteiger partial charge in [0.2, 0.25) is 0 Å². The molecule has 0 atom stereocenters. The Balaban J connectivity index is 1.97. The Morgan fingerprint density at radius 3 is 3.20 bits per heavy atom. The lowest BCUT2D eigenvalue weighted by Crippen LogP contribution is -2.14. The summed E-state index contributed by atoms with van der Waals surface area (Å²) in [7, 11) is 0. The van der Waals surface area contributed by atoms with E-state index in [1.807, 2.05) is 16.7 Å². The van der Waals surface area contributed by atoms with E-state index >= 15 is 0 Å². The van der Waals surface area contributed by atoms with E-state index in [9.17, 15) is 0 Å². The predicted octanol–water partition coefficient (Wildman–Crippen LogP) is 2.20. The van der Waals surface area contributed by atoms with Gasteiger partial charge < -0.3 is 0 Å². The second-order valence-corrected chi connectivity index (χ2v) is 3.05. The first-order valence-corrected chi connectivity index (χ1v) is 4.66. The second-order valence-electron chi connectivity index (χ2n) is 2.18. The van der Waals surface area contributed by atoms with Gasteiger partial charge in [0.15, 0.2) is 0 Å². The van der Waals surface area contributed by atoms with Gasteiger partial charge in [-0.2, -0.15) is 0 Å². The van der Waals surface area contributed by atoms with Crippen molar-refractivity contribution in [3.8, 4) is 0 Å². The van der Waals surface area contributed by atoms with E-state index in [2.05, 4.69) is 6.92 Å². The van der Waals surface area contributed by atoms with E-state index < -0.39 is 0 Å². The molecule has 1 aliphatic heterocycles. The SMILES string of the molecule is CCCCON1C=CSC1. The van der Waals surface area contributed by atoms with E-state index in [0.717, 1.165) is 18.9 Å². The molecule has 58 valence electrons. The molecular weight excluding hydrogens is 146 g/mol. The fraction of sp³-hybridized carbons (Fsp3) is 0.714. The van der Waals surface area contributed by atoms with Crippen LogP contribution in [0.2, 0.25) is 0 Å². The number of hydrogen-bond donors (Lipinski definition) is 0. The molecule has 0 saturated carbocycles. The minimum absolute atomic E-state index is 0.849. The van der Waals surface area contributed by atoms with Crippen molar-refractivity contribution < 1.29 is 4.84 Å². The quantitative estimate of drug-likeness (QED) is 0.583. The molecule has 0 aromatic carbocycles. The van der Waals surface area contributed by atoms with Gasteiger partial charge in [0.1, 0.15) is 0 Å². The number of hydroxylamine groups is 2. The maximum absolute atomic E-state index is 5.37. The first kappa shape index (κ1) is 7.95. The molecule has 3 heteroatoms. The highest BCUT2D eigenvalue weighted by molar-refractivity contribution is 8.02. The van der Waals surface area contributed by atoms with Crippen LogP contribution in [0.4, 0.5) is 0 Å². The maximum Gasteiger partial charge on any atom is 0.0943 e. The molecule has 0 saturated heterocycles. The van der Waals surface area contributed by atoms with E-state index in [4.69, 9.17) is 4.84 Å². The number of hydrogen-bond acceptors (Lipinski definition) is 3. The van der Waals surface area contributed by atoms with Crippen LogP contribution in [0.3, 0.4) is 0 Å². The van der Waals surface area contributed by atoms with Crippen LogP contribution in [-0.4, -0.2) is 17.5 Å². The lowest BCUT2D eigenvalue weighted by molar-refractivity contribution is -0.104. The summed E-state index contributed by atoms with van der Waals surface area (Å²) in [5.41, 5.74) is 0. The zero-order chi connectivity index (χ0) is 7.23. The molecule has 2 nitrogen and oxygen atoms in total. The van der Waals surface area contributed by atoms with Crippen molar-refractivity contribution in [2.24, 2.45) is 0 Å². The van der Waals surface area contributed by atoms with Crippen LogP contribution >= 0.6 is 11.8 Å². The molecule has 0 unspecified atom stereocenters. The monoisotopic (exact) mass is 159 g/mol. The van der Waals surface area contributed by atoms with Crippen LogP contribution in [0.15, 0.2) is 11.6 Å². The summed E-state index contributed by atoms with van der Waals surface area (Å²) in [5, 5.41) is 3.92. The Morgan fingerprint density at radius 1 is 1.70 bits per heavy atom. The van der Waals surface area contributed by atoms with Crippen molar-refractivity contribution in [3.63, 3.8) is 0 Å². The van der Waals surface area contributed by atoms with Gasteiger partial charge in [-0.25, -0.2) is 0 Å². The van der Waals surface area contributed by atoms with Crippen molar-refractivity contribution in [3.05, 3.63) is 11.6 Å².